The van der Waals surface area contributed by atoms with Crippen molar-refractivity contribution >= 4 is 13.4 Å². The fraction of sp³-hybridized carbons (Fsp3) is 0.400. The van der Waals surface area contributed by atoms with Crippen molar-refractivity contribution in [2.75, 3.05) is 18.0 Å². The Kier molecular flexibility index (Phi) is 5.11. The van der Waals surface area contributed by atoms with Crippen LogP contribution in [0.25, 0.3) is 0 Å². The van der Waals surface area contributed by atoms with Crippen molar-refractivity contribution in [3.05, 3.63) is 30.3 Å². The van der Waals surface area contributed by atoms with Gasteiger partial charge in [0.05, 0.1) is 0 Å². The molecule has 4 heteroatoms. The first-order valence-corrected chi connectivity index (χ1v) is 4.78. The van der Waals surface area contributed by atoms with Gasteiger partial charge in [0.15, 0.2) is 0 Å². The summed E-state index contributed by atoms with van der Waals surface area (Å²) in [6.45, 7) is 2.48. The molecule has 14 heavy (non-hydrogen) atoms. The summed E-state index contributed by atoms with van der Waals surface area (Å²) >= 11 is 0. The van der Waals surface area contributed by atoms with E-state index in [1.54, 1.807) is 0 Å². The van der Waals surface area contributed by atoms with Gasteiger partial charge in [0.25, 0.3) is 0 Å². The van der Waals surface area contributed by atoms with Crippen LogP contribution in [-0.2, 0) is 0 Å². The molecule has 1 aromatic rings. The van der Waals surface area contributed by atoms with E-state index in [1.807, 2.05) is 0 Å². The molecule has 1 aliphatic heterocycles. The molecular formula is C10H15BNO2. The molecule has 0 aromatic heterocycles. The van der Waals surface area contributed by atoms with Gasteiger partial charge in [-0.15, -0.1) is 0 Å². The maximum absolute atomic E-state index is 7.00. The molecular weight excluding hydrogens is 177 g/mol. The topological polar surface area (TPSA) is 43.7 Å². The maximum Gasteiger partial charge on any atom is 0.482 e. The number of benzene rings is 1. The highest BCUT2D eigenvalue weighted by atomic mass is 16.4. The van der Waals surface area contributed by atoms with E-state index in [9.17, 15) is 0 Å². The fourth-order valence-electron chi connectivity index (χ4n) is 1.61. The van der Waals surface area contributed by atoms with E-state index in [2.05, 4.69) is 35.2 Å². The monoisotopic (exact) mass is 192 g/mol. The molecule has 75 valence electrons. The number of para-hydroxylation sites is 1. The molecule has 0 spiro atoms. The van der Waals surface area contributed by atoms with Gasteiger partial charge in [-0.3, -0.25) is 0 Å². The van der Waals surface area contributed by atoms with Crippen LogP contribution in [0.3, 0.4) is 0 Å². The van der Waals surface area contributed by atoms with Crippen LogP contribution in [0, 0.1) is 0 Å². The number of nitrogens with zero attached hydrogens (tertiary/aromatic N) is 1. The Morgan fingerprint density at radius 1 is 1.00 bits per heavy atom. The summed E-state index contributed by atoms with van der Waals surface area (Å²) in [6.07, 6.45) is 2.71. The molecule has 1 radical (unpaired) electrons. The van der Waals surface area contributed by atoms with Crippen LogP contribution in [0.1, 0.15) is 12.8 Å². The van der Waals surface area contributed by atoms with Gasteiger partial charge in [0.1, 0.15) is 0 Å². The van der Waals surface area contributed by atoms with Crippen LogP contribution < -0.4 is 4.90 Å². The minimum Gasteiger partial charge on any atom is -0.429 e. The first kappa shape index (κ1) is 11.1. The Labute approximate surface area is 85.3 Å². The van der Waals surface area contributed by atoms with Crippen LogP contribution in [0.5, 0.6) is 0 Å². The molecule has 1 saturated heterocycles. The molecule has 0 aliphatic carbocycles. The highest BCUT2D eigenvalue weighted by molar-refractivity contribution is 6.13. The zero-order valence-corrected chi connectivity index (χ0v) is 8.13. The van der Waals surface area contributed by atoms with Crippen molar-refractivity contribution in [1.29, 1.82) is 0 Å². The second kappa shape index (κ2) is 6.46. The second-order valence-corrected chi connectivity index (χ2v) is 3.15. The Morgan fingerprint density at radius 3 is 2.00 bits per heavy atom. The minimum atomic E-state index is 0. The second-order valence-electron chi connectivity index (χ2n) is 3.15. The lowest BCUT2D eigenvalue weighted by Gasteiger charge is -2.16. The molecule has 0 bridgehead atoms. The zero-order chi connectivity index (χ0) is 10.2. The lowest BCUT2D eigenvalue weighted by atomic mass is 10.3. The third kappa shape index (κ3) is 3.40. The number of hydrogen-bond acceptors (Lipinski definition) is 3. The zero-order valence-electron chi connectivity index (χ0n) is 8.13. The number of anilines is 1. The van der Waals surface area contributed by atoms with Crippen LogP contribution in [0.2, 0.25) is 0 Å². The van der Waals surface area contributed by atoms with Crippen LogP contribution in [0.4, 0.5) is 5.69 Å². The van der Waals surface area contributed by atoms with E-state index in [4.69, 9.17) is 10.0 Å². The summed E-state index contributed by atoms with van der Waals surface area (Å²) in [7, 11) is 0. The van der Waals surface area contributed by atoms with Gasteiger partial charge in [-0.1, -0.05) is 18.2 Å². The smallest absolute Gasteiger partial charge is 0.429 e. The predicted octanol–water partition coefficient (Wildman–Crippen LogP) is 0.792. The van der Waals surface area contributed by atoms with E-state index in [0.29, 0.717) is 0 Å². The normalized spacial score (nSPS) is 14.6. The summed E-state index contributed by atoms with van der Waals surface area (Å²) in [5, 5.41) is 14.0. The first-order valence-electron chi connectivity index (χ1n) is 4.78. The van der Waals surface area contributed by atoms with E-state index >= 15 is 0 Å². The molecule has 0 atom stereocenters. The Balaban J connectivity index is 0.000000293. The molecule has 1 heterocycles. The van der Waals surface area contributed by atoms with E-state index in [0.717, 1.165) is 0 Å². The fourth-order valence-corrected chi connectivity index (χ4v) is 1.61. The molecule has 0 amide bonds. The minimum absolute atomic E-state index is 0. The largest absolute Gasteiger partial charge is 0.482 e. The third-order valence-corrected chi connectivity index (χ3v) is 2.23. The molecule has 1 aromatic carbocycles. The standard InChI is InChI=1S/C10H13N.BH2O2/c1-2-6-10(7-3-1)11-8-4-5-9-11;2-1-3/h1-3,6-7H,4-5,8-9H2;2-3H. The van der Waals surface area contributed by atoms with Gasteiger partial charge in [-0.05, 0) is 25.0 Å². The van der Waals surface area contributed by atoms with Gasteiger partial charge >= 0.3 is 7.69 Å². The summed E-state index contributed by atoms with van der Waals surface area (Å²) in [6, 6.07) is 10.7. The predicted molar refractivity (Wildman–Crippen MR) is 58.1 cm³/mol. The van der Waals surface area contributed by atoms with Gasteiger partial charge in [0.2, 0.25) is 0 Å². The van der Waals surface area contributed by atoms with Gasteiger partial charge in [-0.2, -0.15) is 0 Å². The molecule has 0 unspecified atom stereocenters. The van der Waals surface area contributed by atoms with Crippen molar-refractivity contribution in [3.63, 3.8) is 0 Å². The average molecular weight is 192 g/mol. The average Bonchev–Trinajstić information content (AvgIpc) is 2.73. The highest BCUT2D eigenvalue weighted by Crippen LogP contribution is 2.18. The molecule has 1 fully saturated rings. The maximum atomic E-state index is 7.00. The van der Waals surface area contributed by atoms with Crippen LogP contribution >= 0.6 is 0 Å². The van der Waals surface area contributed by atoms with Crippen molar-refractivity contribution in [2.24, 2.45) is 0 Å². The summed E-state index contributed by atoms with van der Waals surface area (Å²) in [5.41, 5.74) is 1.38. The van der Waals surface area contributed by atoms with Crippen molar-refractivity contribution in [3.8, 4) is 0 Å². The van der Waals surface area contributed by atoms with Crippen molar-refractivity contribution in [1.82, 2.24) is 0 Å². The number of rotatable bonds is 1. The molecule has 2 N–H and O–H groups in total. The Hall–Kier alpha value is -0.995. The lowest BCUT2D eigenvalue weighted by Crippen LogP contribution is -2.16. The van der Waals surface area contributed by atoms with Gasteiger partial charge in [-0.25, -0.2) is 0 Å². The van der Waals surface area contributed by atoms with Gasteiger partial charge < -0.3 is 14.9 Å². The van der Waals surface area contributed by atoms with E-state index in [-0.39, 0.29) is 7.69 Å². The van der Waals surface area contributed by atoms with Crippen molar-refractivity contribution in [2.45, 2.75) is 12.8 Å². The SMILES string of the molecule is O[B]O.c1ccc(N2CCCC2)cc1. The lowest BCUT2D eigenvalue weighted by molar-refractivity contribution is 0.448. The highest BCUT2D eigenvalue weighted by Gasteiger charge is 2.10. The Morgan fingerprint density at radius 2 is 1.50 bits per heavy atom. The van der Waals surface area contributed by atoms with Crippen LogP contribution in [0.15, 0.2) is 30.3 Å². The molecule has 0 saturated carbocycles. The van der Waals surface area contributed by atoms with Crippen LogP contribution in [-0.4, -0.2) is 30.8 Å². The third-order valence-electron chi connectivity index (χ3n) is 2.23. The van der Waals surface area contributed by atoms with Crippen molar-refractivity contribution < 1.29 is 10.0 Å². The Bertz CT molecular complexity index is 237. The first-order chi connectivity index (χ1) is 6.88. The summed E-state index contributed by atoms with van der Waals surface area (Å²) in [4.78, 5) is 2.44. The molecule has 3 nitrogen and oxygen atoms in total. The summed E-state index contributed by atoms with van der Waals surface area (Å²) in [5.74, 6) is 0. The summed E-state index contributed by atoms with van der Waals surface area (Å²) < 4.78 is 0. The van der Waals surface area contributed by atoms with E-state index < -0.39 is 0 Å². The quantitative estimate of drug-likeness (QED) is 0.646. The number of hydrogen-bond donors (Lipinski definition) is 2. The molecule has 1 aliphatic rings. The van der Waals surface area contributed by atoms with Gasteiger partial charge in [0, 0.05) is 18.8 Å². The molecule has 2 rings (SSSR count). The van der Waals surface area contributed by atoms with E-state index in [1.165, 1.54) is 31.6 Å².